The number of nitrogen functional groups attached to an aromatic ring is 1. The molecule has 7 N–H and O–H groups in total. The number of rotatable bonds is 8. The van der Waals surface area contributed by atoms with Gasteiger partial charge in [-0.1, -0.05) is 6.07 Å². The number of hydrogen-bond donors (Lipinski definition) is 6. The van der Waals surface area contributed by atoms with Crippen LogP contribution in [0.1, 0.15) is 40.9 Å². The quantitative estimate of drug-likeness (QED) is 0.121. The van der Waals surface area contributed by atoms with E-state index >= 15 is 0 Å². The van der Waals surface area contributed by atoms with E-state index in [9.17, 15) is 27.6 Å². The van der Waals surface area contributed by atoms with Crippen LogP contribution in [0.3, 0.4) is 0 Å². The lowest BCUT2D eigenvalue weighted by Gasteiger charge is -2.16. The van der Waals surface area contributed by atoms with Gasteiger partial charge < -0.3 is 26.8 Å². The van der Waals surface area contributed by atoms with E-state index in [2.05, 4.69) is 36.9 Å². The van der Waals surface area contributed by atoms with Crippen LogP contribution in [0.2, 0.25) is 0 Å². The third kappa shape index (κ3) is 10.7. The fourth-order valence-electron chi connectivity index (χ4n) is 3.08. The molecule has 3 aromatic rings. The molecule has 216 valence electrons. The zero-order chi connectivity index (χ0) is 30.7. The Morgan fingerprint density at radius 1 is 1.02 bits per heavy atom. The van der Waals surface area contributed by atoms with Crippen molar-refractivity contribution < 1.29 is 37.5 Å². The number of halogens is 4. The Morgan fingerprint density at radius 2 is 1.66 bits per heavy atom. The van der Waals surface area contributed by atoms with Gasteiger partial charge in [-0.3, -0.25) is 24.8 Å². The van der Waals surface area contributed by atoms with Crippen molar-refractivity contribution in [3.63, 3.8) is 0 Å². The van der Waals surface area contributed by atoms with Crippen LogP contribution in [-0.2, 0) is 14.4 Å². The summed E-state index contributed by atoms with van der Waals surface area (Å²) >= 11 is 3.41. The number of amides is 3. The van der Waals surface area contributed by atoms with Crippen LogP contribution in [0.5, 0.6) is 0 Å². The number of nitrogens with one attached hydrogen (secondary N) is 4. The molecular formula is C26H24BrF3N6O5. The fourth-order valence-corrected chi connectivity index (χ4v) is 3.66. The molecule has 1 heterocycles. The highest BCUT2D eigenvalue weighted by atomic mass is 79.9. The highest BCUT2D eigenvalue weighted by molar-refractivity contribution is 9.10. The number of nitrogens with zero attached hydrogens (tertiary/aromatic N) is 1. The molecule has 11 nitrogen and oxygen atoms in total. The van der Waals surface area contributed by atoms with Crippen LogP contribution < -0.4 is 21.7 Å². The van der Waals surface area contributed by atoms with Gasteiger partial charge in [0.2, 0.25) is 11.8 Å². The number of amidine groups is 1. The van der Waals surface area contributed by atoms with E-state index in [4.69, 9.17) is 21.0 Å². The number of alkyl halides is 3. The molecule has 0 bridgehead atoms. The molecule has 1 unspecified atom stereocenters. The Hall–Kier alpha value is -4.79. The monoisotopic (exact) mass is 636 g/mol. The molecule has 1 aromatic heterocycles. The highest BCUT2D eigenvalue weighted by Gasteiger charge is 2.38. The minimum atomic E-state index is -5.08. The Morgan fingerprint density at radius 3 is 2.17 bits per heavy atom. The Bertz CT molecular complexity index is 1420. The van der Waals surface area contributed by atoms with Gasteiger partial charge in [0.1, 0.15) is 12.3 Å². The third-order valence-corrected chi connectivity index (χ3v) is 5.73. The molecular weight excluding hydrogens is 613 g/mol. The van der Waals surface area contributed by atoms with Crippen molar-refractivity contribution in [2.75, 3.05) is 10.6 Å². The number of carboxylic acids is 1. The smallest absolute Gasteiger partial charge is 0.475 e. The minimum absolute atomic E-state index is 0.0694. The highest BCUT2D eigenvalue weighted by Crippen LogP contribution is 2.24. The second-order valence-corrected chi connectivity index (χ2v) is 9.10. The lowest BCUT2D eigenvalue weighted by atomic mass is 10.1. The first-order chi connectivity index (χ1) is 19.2. The lowest BCUT2D eigenvalue weighted by molar-refractivity contribution is -0.192. The summed E-state index contributed by atoms with van der Waals surface area (Å²) in [5.41, 5.74) is 8.22. The first-order valence-corrected chi connectivity index (χ1v) is 12.3. The number of anilines is 2. The van der Waals surface area contributed by atoms with Gasteiger partial charge in [-0.2, -0.15) is 13.2 Å². The number of carbonyl (C=O) groups is 4. The van der Waals surface area contributed by atoms with Gasteiger partial charge in [-0.15, -0.1) is 0 Å². The molecule has 2 aromatic carbocycles. The van der Waals surface area contributed by atoms with E-state index in [1.165, 1.54) is 0 Å². The molecule has 41 heavy (non-hydrogen) atoms. The summed E-state index contributed by atoms with van der Waals surface area (Å²) in [6, 6.07) is 14.7. The van der Waals surface area contributed by atoms with E-state index < -0.39 is 24.0 Å². The van der Waals surface area contributed by atoms with Gasteiger partial charge in [0.05, 0.1) is 23.5 Å². The number of aliphatic carboxylic acids is 1. The van der Waals surface area contributed by atoms with E-state index in [0.29, 0.717) is 27.0 Å². The molecule has 3 amide bonds. The summed E-state index contributed by atoms with van der Waals surface area (Å²) in [4.78, 5) is 49.9. The van der Waals surface area contributed by atoms with E-state index in [1.807, 2.05) is 0 Å². The Balaban J connectivity index is 0.000000745. The summed E-state index contributed by atoms with van der Waals surface area (Å²) in [7, 11) is 0. The third-order valence-electron chi connectivity index (χ3n) is 5.08. The molecule has 0 fully saturated rings. The molecule has 0 radical (unpaired) electrons. The van der Waals surface area contributed by atoms with Crippen molar-refractivity contribution in [2.45, 2.75) is 25.6 Å². The second kappa shape index (κ2) is 14.6. The van der Waals surface area contributed by atoms with Crippen LogP contribution in [0, 0.1) is 5.41 Å². The Labute approximate surface area is 240 Å². The molecule has 1 atom stereocenters. The van der Waals surface area contributed by atoms with Crippen LogP contribution in [0.4, 0.5) is 24.5 Å². The van der Waals surface area contributed by atoms with Crippen LogP contribution in [0.25, 0.3) is 0 Å². The van der Waals surface area contributed by atoms with Crippen molar-refractivity contribution in [1.29, 1.82) is 5.41 Å². The van der Waals surface area contributed by atoms with Gasteiger partial charge in [0, 0.05) is 21.9 Å². The largest absolute Gasteiger partial charge is 0.490 e. The van der Waals surface area contributed by atoms with Gasteiger partial charge in [-0.25, -0.2) is 4.79 Å². The topological polar surface area (TPSA) is 187 Å². The van der Waals surface area contributed by atoms with Crippen molar-refractivity contribution in [1.82, 2.24) is 10.3 Å². The average molecular weight is 637 g/mol. The number of carboxylic acid groups (broad SMARTS) is 1. The molecule has 0 aliphatic rings. The summed E-state index contributed by atoms with van der Waals surface area (Å²) in [5, 5.41) is 22.7. The molecule has 0 aliphatic heterocycles. The summed E-state index contributed by atoms with van der Waals surface area (Å²) in [6.07, 6.45) is -2.27. The number of carbonyl (C=O) groups excluding carboxylic acids is 3. The number of nitrogens with two attached hydrogens (primary N) is 1. The van der Waals surface area contributed by atoms with E-state index in [1.54, 1.807) is 73.9 Å². The van der Waals surface area contributed by atoms with Gasteiger partial charge in [-0.05, 0) is 76.9 Å². The molecule has 15 heteroatoms. The first kappa shape index (κ1) is 32.4. The van der Waals surface area contributed by atoms with Crippen molar-refractivity contribution in [2.24, 2.45) is 5.73 Å². The molecule has 0 saturated carbocycles. The molecule has 0 aliphatic carbocycles. The molecule has 3 rings (SSSR count). The minimum Gasteiger partial charge on any atom is -0.475 e. The van der Waals surface area contributed by atoms with Gasteiger partial charge >= 0.3 is 12.1 Å². The maximum Gasteiger partial charge on any atom is 0.490 e. The zero-order valence-corrected chi connectivity index (χ0v) is 22.8. The zero-order valence-electron chi connectivity index (χ0n) is 21.3. The number of pyridine rings is 1. The first-order valence-electron chi connectivity index (χ1n) is 11.5. The van der Waals surface area contributed by atoms with Crippen molar-refractivity contribution in [3.05, 3.63) is 88.2 Å². The maximum absolute atomic E-state index is 12.5. The SMILES string of the molecule is CC(NC(=O)CC(=O)Nc1ccc(C(=N)N)cc1)c1ccc(C(=O)Nc2cccnc2)c(Br)c1.O=C(O)C(F)(F)F. The fraction of sp³-hybridized carbons (Fsp3) is 0.154. The molecule has 0 spiro atoms. The normalized spacial score (nSPS) is 11.2. The van der Waals surface area contributed by atoms with E-state index in [0.717, 1.165) is 5.56 Å². The van der Waals surface area contributed by atoms with Gasteiger partial charge in [0.25, 0.3) is 5.91 Å². The number of benzene rings is 2. The molecule has 0 saturated heterocycles. The summed E-state index contributed by atoms with van der Waals surface area (Å²) < 4.78 is 32.3. The number of hydrogen-bond acceptors (Lipinski definition) is 6. The lowest BCUT2D eigenvalue weighted by Crippen LogP contribution is -2.30. The van der Waals surface area contributed by atoms with Gasteiger partial charge in [0.15, 0.2) is 0 Å². The van der Waals surface area contributed by atoms with Crippen LogP contribution >= 0.6 is 15.9 Å². The van der Waals surface area contributed by atoms with Crippen molar-refractivity contribution in [3.8, 4) is 0 Å². The van der Waals surface area contributed by atoms with Crippen LogP contribution in [0.15, 0.2) is 71.5 Å². The predicted molar refractivity (Wildman–Crippen MR) is 147 cm³/mol. The Kier molecular flexibility index (Phi) is 11.5. The predicted octanol–water partition coefficient (Wildman–Crippen LogP) is 4.22. The summed E-state index contributed by atoms with van der Waals surface area (Å²) in [5.74, 6) is -4.03. The van der Waals surface area contributed by atoms with Crippen LogP contribution in [-0.4, -0.2) is 45.8 Å². The second-order valence-electron chi connectivity index (χ2n) is 8.24. The number of aromatic nitrogens is 1. The maximum atomic E-state index is 12.5. The van der Waals surface area contributed by atoms with Crippen molar-refractivity contribution >= 4 is 56.8 Å². The van der Waals surface area contributed by atoms with E-state index in [-0.39, 0.29) is 24.2 Å². The standard InChI is InChI=1S/C24H23BrN6O3.C2HF3O2/c1-14(29-21(32)12-22(33)30-17-7-4-15(5-8-17)23(26)27)16-6-9-19(20(25)11-16)24(34)31-18-3-2-10-28-13-18;3-2(4,5)1(6)7/h2-11,13-14H,12H2,1H3,(H3,26,27)(H,29,32)(H,30,33)(H,31,34);(H,6,7). The average Bonchev–Trinajstić information content (AvgIpc) is 2.89. The summed E-state index contributed by atoms with van der Waals surface area (Å²) in [6.45, 7) is 1.79.